The minimum absolute atomic E-state index is 0.489. The van der Waals surface area contributed by atoms with Crippen molar-refractivity contribution in [2.75, 3.05) is 0 Å². The summed E-state index contributed by atoms with van der Waals surface area (Å²) in [5.74, 6) is 0. The standard InChI is InChI=1S/C16H18N2S/c1-12(8-13-6-7-19-11-13)17-9-14-10-18-16-5-3-2-4-15(14)16/h2-7,10-12,17-18H,8-9H2,1H3. The summed E-state index contributed by atoms with van der Waals surface area (Å²) >= 11 is 1.77. The minimum Gasteiger partial charge on any atom is -0.361 e. The second-order valence-electron chi connectivity index (χ2n) is 4.98. The second kappa shape index (κ2) is 5.59. The van der Waals surface area contributed by atoms with Crippen LogP contribution in [0.4, 0.5) is 0 Å². The Morgan fingerprint density at radius 3 is 3.00 bits per heavy atom. The van der Waals surface area contributed by atoms with Crippen LogP contribution in [0.3, 0.4) is 0 Å². The Bertz CT molecular complexity index is 640. The molecular formula is C16H18N2S. The molecule has 2 aromatic heterocycles. The number of fused-ring (bicyclic) bond motifs is 1. The van der Waals surface area contributed by atoms with Gasteiger partial charge in [0.15, 0.2) is 0 Å². The minimum atomic E-state index is 0.489. The summed E-state index contributed by atoms with van der Waals surface area (Å²) in [6.45, 7) is 3.15. The highest BCUT2D eigenvalue weighted by Crippen LogP contribution is 2.17. The van der Waals surface area contributed by atoms with Gasteiger partial charge in [-0.15, -0.1) is 0 Å². The van der Waals surface area contributed by atoms with E-state index >= 15 is 0 Å². The lowest BCUT2D eigenvalue weighted by Gasteiger charge is -2.12. The molecule has 1 aromatic carbocycles. The number of nitrogens with one attached hydrogen (secondary N) is 2. The van der Waals surface area contributed by atoms with Crippen LogP contribution in [0.5, 0.6) is 0 Å². The molecule has 0 bridgehead atoms. The molecular weight excluding hydrogens is 252 g/mol. The Hall–Kier alpha value is -1.58. The normalized spacial score (nSPS) is 12.9. The van der Waals surface area contributed by atoms with Crippen molar-refractivity contribution in [3.05, 3.63) is 58.4 Å². The largest absolute Gasteiger partial charge is 0.361 e. The van der Waals surface area contributed by atoms with Crippen molar-refractivity contribution < 1.29 is 0 Å². The third kappa shape index (κ3) is 2.88. The van der Waals surface area contributed by atoms with Crippen LogP contribution in [0.15, 0.2) is 47.3 Å². The molecule has 2 heterocycles. The Morgan fingerprint density at radius 1 is 1.26 bits per heavy atom. The molecule has 3 rings (SSSR count). The second-order valence-corrected chi connectivity index (χ2v) is 5.76. The van der Waals surface area contributed by atoms with Gasteiger partial charge in [0.1, 0.15) is 0 Å². The van der Waals surface area contributed by atoms with Crippen LogP contribution in [-0.4, -0.2) is 11.0 Å². The van der Waals surface area contributed by atoms with E-state index in [0.29, 0.717) is 6.04 Å². The molecule has 0 fully saturated rings. The van der Waals surface area contributed by atoms with E-state index in [9.17, 15) is 0 Å². The maximum absolute atomic E-state index is 3.60. The van der Waals surface area contributed by atoms with Crippen molar-refractivity contribution in [2.45, 2.75) is 25.9 Å². The predicted octanol–water partition coefficient (Wildman–Crippen LogP) is 3.95. The van der Waals surface area contributed by atoms with Crippen LogP contribution in [0.1, 0.15) is 18.1 Å². The van der Waals surface area contributed by atoms with Gasteiger partial charge in [-0.3, -0.25) is 0 Å². The number of aromatic amines is 1. The van der Waals surface area contributed by atoms with E-state index in [0.717, 1.165) is 13.0 Å². The van der Waals surface area contributed by atoms with Gasteiger partial charge in [-0.05, 0) is 47.4 Å². The first kappa shape index (κ1) is 12.5. The summed E-state index contributed by atoms with van der Waals surface area (Å²) in [4.78, 5) is 3.32. The first-order chi connectivity index (χ1) is 9.33. The third-order valence-electron chi connectivity index (χ3n) is 3.44. The molecule has 3 aromatic rings. The van der Waals surface area contributed by atoms with Gasteiger partial charge >= 0.3 is 0 Å². The molecule has 2 N–H and O–H groups in total. The molecule has 0 saturated carbocycles. The molecule has 0 radical (unpaired) electrons. The van der Waals surface area contributed by atoms with E-state index in [4.69, 9.17) is 0 Å². The molecule has 0 saturated heterocycles. The molecule has 0 amide bonds. The number of thiophene rings is 1. The van der Waals surface area contributed by atoms with Crippen LogP contribution in [0.2, 0.25) is 0 Å². The number of para-hydroxylation sites is 1. The Labute approximate surface area is 117 Å². The molecule has 0 aliphatic rings. The molecule has 0 aliphatic carbocycles. The fourth-order valence-corrected chi connectivity index (χ4v) is 3.08. The van der Waals surface area contributed by atoms with E-state index in [-0.39, 0.29) is 0 Å². The molecule has 1 atom stereocenters. The predicted molar refractivity (Wildman–Crippen MR) is 82.6 cm³/mol. The van der Waals surface area contributed by atoms with Gasteiger partial charge in [0.25, 0.3) is 0 Å². The van der Waals surface area contributed by atoms with E-state index in [1.807, 2.05) is 0 Å². The van der Waals surface area contributed by atoms with E-state index in [2.05, 4.69) is 64.5 Å². The first-order valence-electron chi connectivity index (χ1n) is 6.62. The number of rotatable bonds is 5. The van der Waals surface area contributed by atoms with Crippen molar-refractivity contribution in [1.29, 1.82) is 0 Å². The summed E-state index contributed by atoms with van der Waals surface area (Å²) in [5.41, 5.74) is 3.97. The number of hydrogen-bond acceptors (Lipinski definition) is 2. The highest BCUT2D eigenvalue weighted by molar-refractivity contribution is 7.07. The van der Waals surface area contributed by atoms with Crippen LogP contribution in [0, 0.1) is 0 Å². The SMILES string of the molecule is CC(Cc1ccsc1)NCc1c[nH]c2ccccc12. The molecule has 98 valence electrons. The third-order valence-corrected chi connectivity index (χ3v) is 4.17. The fourth-order valence-electron chi connectivity index (χ4n) is 2.40. The lowest BCUT2D eigenvalue weighted by molar-refractivity contribution is 0.547. The zero-order valence-corrected chi connectivity index (χ0v) is 11.8. The summed E-state index contributed by atoms with van der Waals surface area (Å²) in [6.07, 6.45) is 3.20. The van der Waals surface area contributed by atoms with Gasteiger partial charge in [-0.25, -0.2) is 0 Å². The smallest absolute Gasteiger partial charge is 0.0457 e. The van der Waals surface area contributed by atoms with Crippen molar-refractivity contribution in [3.8, 4) is 0 Å². The Kier molecular flexibility index (Phi) is 3.67. The number of aromatic nitrogens is 1. The van der Waals surface area contributed by atoms with Gasteiger partial charge in [0, 0.05) is 29.7 Å². The molecule has 0 spiro atoms. The number of hydrogen-bond donors (Lipinski definition) is 2. The van der Waals surface area contributed by atoms with Crippen molar-refractivity contribution in [2.24, 2.45) is 0 Å². The summed E-state index contributed by atoms with van der Waals surface area (Å²) in [7, 11) is 0. The maximum Gasteiger partial charge on any atom is 0.0457 e. The molecule has 19 heavy (non-hydrogen) atoms. The highest BCUT2D eigenvalue weighted by atomic mass is 32.1. The van der Waals surface area contributed by atoms with Crippen molar-refractivity contribution in [3.63, 3.8) is 0 Å². The van der Waals surface area contributed by atoms with Crippen molar-refractivity contribution in [1.82, 2.24) is 10.3 Å². The zero-order chi connectivity index (χ0) is 13.1. The lowest BCUT2D eigenvalue weighted by atomic mass is 10.1. The lowest BCUT2D eigenvalue weighted by Crippen LogP contribution is -2.27. The topological polar surface area (TPSA) is 27.8 Å². The highest BCUT2D eigenvalue weighted by Gasteiger charge is 2.06. The van der Waals surface area contributed by atoms with Crippen LogP contribution < -0.4 is 5.32 Å². The molecule has 3 heteroatoms. The summed E-state index contributed by atoms with van der Waals surface area (Å²) in [5, 5.41) is 9.28. The van der Waals surface area contributed by atoms with Gasteiger partial charge in [0.05, 0.1) is 0 Å². The van der Waals surface area contributed by atoms with E-state index < -0.39 is 0 Å². The van der Waals surface area contributed by atoms with Crippen LogP contribution >= 0.6 is 11.3 Å². The zero-order valence-electron chi connectivity index (χ0n) is 11.0. The van der Waals surface area contributed by atoms with Crippen molar-refractivity contribution >= 4 is 22.2 Å². The summed E-state index contributed by atoms with van der Waals surface area (Å²) in [6, 6.07) is 11.1. The fraction of sp³-hybridized carbons (Fsp3) is 0.250. The molecule has 2 nitrogen and oxygen atoms in total. The van der Waals surface area contributed by atoms with Gasteiger partial charge in [-0.2, -0.15) is 11.3 Å². The maximum atomic E-state index is 3.60. The Balaban J connectivity index is 1.62. The van der Waals surface area contributed by atoms with Gasteiger partial charge in [0.2, 0.25) is 0 Å². The average Bonchev–Trinajstić information content (AvgIpc) is 3.05. The van der Waals surface area contributed by atoms with Gasteiger partial charge in [-0.1, -0.05) is 18.2 Å². The van der Waals surface area contributed by atoms with E-state index in [1.165, 1.54) is 22.0 Å². The average molecular weight is 270 g/mol. The Morgan fingerprint density at radius 2 is 2.16 bits per heavy atom. The van der Waals surface area contributed by atoms with E-state index in [1.54, 1.807) is 11.3 Å². The van der Waals surface area contributed by atoms with Crippen LogP contribution in [0.25, 0.3) is 10.9 Å². The number of benzene rings is 1. The van der Waals surface area contributed by atoms with Gasteiger partial charge < -0.3 is 10.3 Å². The molecule has 1 unspecified atom stereocenters. The quantitative estimate of drug-likeness (QED) is 0.722. The summed E-state index contributed by atoms with van der Waals surface area (Å²) < 4.78 is 0. The molecule has 0 aliphatic heterocycles. The number of H-pyrrole nitrogens is 1. The van der Waals surface area contributed by atoms with Crippen LogP contribution in [-0.2, 0) is 13.0 Å². The first-order valence-corrected chi connectivity index (χ1v) is 7.56. The monoisotopic (exact) mass is 270 g/mol.